The van der Waals surface area contributed by atoms with Gasteiger partial charge in [0.15, 0.2) is 0 Å². The Hall–Kier alpha value is -2.68. The molecule has 2 aliphatic heterocycles. The van der Waals surface area contributed by atoms with Crippen LogP contribution in [-0.4, -0.2) is 53.1 Å². The summed E-state index contributed by atoms with van der Waals surface area (Å²) in [5.41, 5.74) is 4.88. The van der Waals surface area contributed by atoms with Crippen LogP contribution in [0, 0.1) is 11.3 Å². The molecule has 4 rings (SSSR count). The molecule has 0 aliphatic carbocycles. The van der Waals surface area contributed by atoms with Crippen LogP contribution < -0.4 is 0 Å². The van der Waals surface area contributed by atoms with Crippen molar-refractivity contribution in [2.75, 3.05) is 26.2 Å². The van der Waals surface area contributed by atoms with E-state index < -0.39 is 6.10 Å². The number of nitrogens with zero attached hydrogens (tertiary/aromatic N) is 3. The van der Waals surface area contributed by atoms with Gasteiger partial charge >= 0.3 is 0 Å². The average molecular weight is 361 g/mol. The minimum absolute atomic E-state index is 0.0521. The van der Waals surface area contributed by atoms with Gasteiger partial charge in [-0.3, -0.25) is 9.69 Å². The zero-order valence-corrected chi connectivity index (χ0v) is 15.3. The van der Waals surface area contributed by atoms with Gasteiger partial charge in [0, 0.05) is 38.3 Å². The molecule has 1 N–H and O–H groups in total. The molecule has 27 heavy (non-hydrogen) atoms. The van der Waals surface area contributed by atoms with Gasteiger partial charge in [0.05, 0.1) is 17.7 Å². The quantitative estimate of drug-likeness (QED) is 0.904. The summed E-state index contributed by atoms with van der Waals surface area (Å²) in [5.74, 6) is -0.0521. The van der Waals surface area contributed by atoms with Gasteiger partial charge in [-0.1, -0.05) is 24.3 Å². The number of aliphatic hydroxyl groups is 1. The molecule has 0 radical (unpaired) electrons. The standard InChI is InChI=1S/C22H23N3O2/c23-12-16-5-6-21-18(11-16)8-10-25(22(21)27)15-20(26)14-24-9-7-17-3-1-2-4-19(17)13-24/h1-6,11,20,26H,7-10,13-15H2. The van der Waals surface area contributed by atoms with Crippen molar-refractivity contribution in [3.63, 3.8) is 0 Å². The van der Waals surface area contributed by atoms with E-state index in [1.54, 1.807) is 23.1 Å². The molecule has 2 heterocycles. The molecule has 0 saturated carbocycles. The van der Waals surface area contributed by atoms with Crippen LogP contribution in [0.2, 0.25) is 0 Å². The zero-order chi connectivity index (χ0) is 18.8. The van der Waals surface area contributed by atoms with Crippen LogP contribution in [0.15, 0.2) is 42.5 Å². The van der Waals surface area contributed by atoms with Crippen molar-refractivity contribution in [2.45, 2.75) is 25.5 Å². The third-order valence-electron chi connectivity index (χ3n) is 5.51. The number of nitriles is 1. The monoisotopic (exact) mass is 361 g/mol. The summed E-state index contributed by atoms with van der Waals surface area (Å²) >= 11 is 0. The Morgan fingerprint density at radius 3 is 2.63 bits per heavy atom. The van der Waals surface area contributed by atoms with E-state index in [9.17, 15) is 9.90 Å². The molecular formula is C22H23N3O2. The number of carbonyl (C=O) groups excluding carboxylic acids is 1. The normalized spacial score (nSPS) is 17.8. The minimum atomic E-state index is -0.570. The molecule has 1 atom stereocenters. The lowest BCUT2D eigenvalue weighted by molar-refractivity contribution is 0.0493. The predicted octanol–water partition coefficient (Wildman–Crippen LogP) is 1.98. The van der Waals surface area contributed by atoms with Crippen molar-refractivity contribution >= 4 is 5.91 Å². The van der Waals surface area contributed by atoms with E-state index in [1.807, 2.05) is 0 Å². The van der Waals surface area contributed by atoms with E-state index in [0.717, 1.165) is 31.5 Å². The smallest absolute Gasteiger partial charge is 0.254 e. The van der Waals surface area contributed by atoms with E-state index in [4.69, 9.17) is 5.26 Å². The molecule has 2 aliphatic rings. The fourth-order valence-corrected chi connectivity index (χ4v) is 4.10. The van der Waals surface area contributed by atoms with Crippen molar-refractivity contribution < 1.29 is 9.90 Å². The average Bonchev–Trinajstić information content (AvgIpc) is 2.69. The Balaban J connectivity index is 1.37. The fraction of sp³-hybridized carbons (Fsp3) is 0.364. The summed E-state index contributed by atoms with van der Waals surface area (Å²) in [6, 6.07) is 15.8. The van der Waals surface area contributed by atoms with Gasteiger partial charge in [-0.05, 0) is 47.7 Å². The second kappa shape index (κ2) is 7.51. The Morgan fingerprint density at radius 1 is 1.04 bits per heavy atom. The molecule has 2 aromatic carbocycles. The van der Waals surface area contributed by atoms with Gasteiger partial charge < -0.3 is 10.0 Å². The highest BCUT2D eigenvalue weighted by Gasteiger charge is 2.27. The number of β-amino-alcohol motifs (C(OH)–C–C–N with tert-alkyl or cyclic N) is 1. The second-order valence-corrected chi connectivity index (χ2v) is 7.39. The van der Waals surface area contributed by atoms with E-state index in [1.165, 1.54) is 11.1 Å². The van der Waals surface area contributed by atoms with Crippen molar-refractivity contribution in [1.82, 2.24) is 9.80 Å². The molecule has 0 spiro atoms. The molecular weight excluding hydrogens is 338 g/mol. The molecule has 0 saturated heterocycles. The number of amides is 1. The molecule has 2 aromatic rings. The van der Waals surface area contributed by atoms with Gasteiger partial charge in [-0.15, -0.1) is 0 Å². The third-order valence-corrected chi connectivity index (χ3v) is 5.51. The van der Waals surface area contributed by atoms with Crippen LogP contribution in [0.4, 0.5) is 0 Å². The van der Waals surface area contributed by atoms with Gasteiger partial charge in [0.25, 0.3) is 5.91 Å². The highest BCUT2D eigenvalue weighted by atomic mass is 16.3. The van der Waals surface area contributed by atoms with Crippen LogP contribution in [0.3, 0.4) is 0 Å². The lowest BCUT2D eigenvalue weighted by atomic mass is 9.96. The first kappa shape index (κ1) is 17.7. The number of carbonyl (C=O) groups is 1. The first-order chi connectivity index (χ1) is 13.1. The summed E-state index contributed by atoms with van der Waals surface area (Å²) in [6.45, 7) is 3.28. The zero-order valence-electron chi connectivity index (χ0n) is 15.3. The molecule has 5 nitrogen and oxygen atoms in total. The topological polar surface area (TPSA) is 67.6 Å². The summed E-state index contributed by atoms with van der Waals surface area (Å²) in [4.78, 5) is 16.7. The Bertz CT molecular complexity index is 903. The number of benzene rings is 2. The van der Waals surface area contributed by atoms with E-state index in [-0.39, 0.29) is 5.91 Å². The summed E-state index contributed by atoms with van der Waals surface area (Å²) in [5, 5.41) is 19.6. The predicted molar refractivity (Wildman–Crippen MR) is 102 cm³/mol. The Morgan fingerprint density at radius 2 is 1.81 bits per heavy atom. The van der Waals surface area contributed by atoms with Crippen molar-refractivity contribution in [1.29, 1.82) is 5.26 Å². The summed E-state index contributed by atoms with van der Waals surface area (Å²) < 4.78 is 0. The maximum Gasteiger partial charge on any atom is 0.254 e. The van der Waals surface area contributed by atoms with Crippen LogP contribution in [0.1, 0.15) is 32.6 Å². The van der Waals surface area contributed by atoms with Crippen molar-refractivity contribution in [3.05, 3.63) is 70.3 Å². The fourth-order valence-electron chi connectivity index (χ4n) is 4.10. The van der Waals surface area contributed by atoms with Crippen LogP contribution >= 0.6 is 0 Å². The molecule has 0 bridgehead atoms. The van der Waals surface area contributed by atoms with Crippen LogP contribution in [-0.2, 0) is 19.4 Å². The second-order valence-electron chi connectivity index (χ2n) is 7.39. The minimum Gasteiger partial charge on any atom is -0.390 e. The van der Waals surface area contributed by atoms with Gasteiger partial charge in [0.2, 0.25) is 0 Å². The number of hydrogen-bond donors (Lipinski definition) is 1. The molecule has 0 aromatic heterocycles. The highest BCUT2D eigenvalue weighted by molar-refractivity contribution is 5.96. The highest BCUT2D eigenvalue weighted by Crippen LogP contribution is 2.22. The van der Waals surface area contributed by atoms with E-state index in [0.29, 0.717) is 30.8 Å². The lowest BCUT2D eigenvalue weighted by Crippen LogP contribution is -2.46. The maximum absolute atomic E-state index is 12.7. The lowest BCUT2D eigenvalue weighted by Gasteiger charge is -2.34. The Kier molecular flexibility index (Phi) is 4.93. The molecule has 0 fully saturated rings. The number of fused-ring (bicyclic) bond motifs is 2. The molecule has 5 heteroatoms. The van der Waals surface area contributed by atoms with Gasteiger partial charge in [-0.25, -0.2) is 0 Å². The van der Waals surface area contributed by atoms with E-state index >= 15 is 0 Å². The van der Waals surface area contributed by atoms with Crippen LogP contribution in [0.25, 0.3) is 0 Å². The third kappa shape index (κ3) is 3.73. The van der Waals surface area contributed by atoms with Crippen LogP contribution in [0.5, 0.6) is 0 Å². The molecule has 1 unspecified atom stereocenters. The molecule has 138 valence electrons. The largest absolute Gasteiger partial charge is 0.390 e. The first-order valence-corrected chi connectivity index (χ1v) is 9.43. The molecule has 1 amide bonds. The first-order valence-electron chi connectivity index (χ1n) is 9.43. The van der Waals surface area contributed by atoms with Crippen molar-refractivity contribution in [3.8, 4) is 6.07 Å². The van der Waals surface area contributed by atoms with Crippen molar-refractivity contribution in [2.24, 2.45) is 0 Å². The number of rotatable bonds is 4. The maximum atomic E-state index is 12.7. The Labute approximate surface area is 159 Å². The SMILES string of the molecule is N#Cc1ccc2c(c1)CCN(CC(O)CN1CCc3ccccc3C1)C2=O. The van der Waals surface area contributed by atoms with Gasteiger partial charge in [-0.2, -0.15) is 5.26 Å². The number of aliphatic hydroxyl groups excluding tert-OH is 1. The van der Waals surface area contributed by atoms with Gasteiger partial charge in [0.1, 0.15) is 0 Å². The summed E-state index contributed by atoms with van der Waals surface area (Å²) in [7, 11) is 0. The van der Waals surface area contributed by atoms with E-state index in [2.05, 4.69) is 35.2 Å². The summed E-state index contributed by atoms with van der Waals surface area (Å²) in [6.07, 6.45) is 1.15. The number of hydrogen-bond acceptors (Lipinski definition) is 4.